The van der Waals surface area contributed by atoms with Gasteiger partial charge in [0.15, 0.2) is 0 Å². The van der Waals surface area contributed by atoms with Crippen LogP contribution >= 0.6 is 0 Å². The van der Waals surface area contributed by atoms with Crippen LogP contribution in [0.3, 0.4) is 0 Å². The van der Waals surface area contributed by atoms with Crippen LogP contribution < -0.4 is 5.32 Å². The molecule has 1 aromatic carbocycles. The Morgan fingerprint density at radius 1 is 1.33 bits per heavy atom. The van der Waals surface area contributed by atoms with Crippen LogP contribution in [-0.4, -0.2) is 19.3 Å². The Labute approximate surface area is 91.6 Å². The third-order valence-electron chi connectivity index (χ3n) is 2.95. The quantitative estimate of drug-likeness (QED) is 0.818. The Morgan fingerprint density at radius 3 is 2.80 bits per heavy atom. The summed E-state index contributed by atoms with van der Waals surface area (Å²) in [7, 11) is 0. The van der Waals surface area contributed by atoms with Crippen molar-refractivity contribution in [3.63, 3.8) is 0 Å². The van der Waals surface area contributed by atoms with E-state index >= 15 is 0 Å². The van der Waals surface area contributed by atoms with Crippen LogP contribution in [0, 0.1) is 0 Å². The average Bonchev–Trinajstić information content (AvgIpc) is 2.31. The van der Waals surface area contributed by atoms with Crippen molar-refractivity contribution in [3.05, 3.63) is 35.9 Å². The molecule has 1 aliphatic heterocycles. The third-order valence-corrected chi connectivity index (χ3v) is 2.95. The second-order valence-electron chi connectivity index (χ2n) is 4.21. The summed E-state index contributed by atoms with van der Waals surface area (Å²) < 4.78 is 5.46. The Hall–Kier alpha value is -0.860. The molecule has 0 spiro atoms. The van der Waals surface area contributed by atoms with Gasteiger partial charge in [-0.15, -0.1) is 0 Å². The minimum atomic E-state index is 0.415. The molecular weight excluding hydrogens is 186 g/mol. The summed E-state index contributed by atoms with van der Waals surface area (Å²) in [5.41, 5.74) is 1.35. The van der Waals surface area contributed by atoms with E-state index in [-0.39, 0.29) is 0 Å². The third kappa shape index (κ3) is 3.05. The first-order chi connectivity index (χ1) is 7.36. The van der Waals surface area contributed by atoms with Crippen molar-refractivity contribution in [1.29, 1.82) is 0 Å². The van der Waals surface area contributed by atoms with Crippen molar-refractivity contribution in [3.8, 4) is 0 Å². The molecule has 1 heterocycles. The lowest BCUT2D eigenvalue weighted by Gasteiger charge is -2.26. The van der Waals surface area contributed by atoms with Crippen molar-refractivity contribution in [2.24, 2.45) is 0 Å². The maximum Gasteiger partial charge on any atom is 0.0619 e. The number of nitrogens with one attached hydrogen (secondary N) is 1. The Bertz CT molecular complexity index is 280. The summed E-state index contributed by atoms with van der Waals surface area (Å²) in [5, 5.41) is 3.61. The van der Waals surface area contributed by atoms with E-state index in [0.29, 0.717) is 12.1 Å². The number of ether oxygens (including phenoxy) is 1. The first-order valence-corrected chi connectivity index (χ1v) is 5.75. The Morgan fingerprint density at radius 2 is 2.13 bits per heavy atom. The van der Waals surface area contributed by atoms with E-state index in [1.165, 1.54) is 18.4 Å². The van der Waals surface area contributed by atoms with Crippen molar-refractivity contribution in [2.75, 3.05) is 13.2 Å². The van der Waals surface area contributed by atoms with E-state index in [2.05, 4.69) is 42.6 Å². The van der Waals surface area contributed by atoms with Gasteiger partial charge >= 0.3 is 0 Å². The normalized spacial score (nSPS) is 23.7. The molecule has 0 saturated carbocycles. The zero-order valence-electron chi connectivity index (χ0n) is 9.28. The van der Waals surface area contributed by atoms with Gasteiger partial charge in [0, 0.05) is 18.7 Å². The monoisotopic (exact) mass is 205 g/mol. The molecule has 2 nitrogen and oxygen atoms in total. The van der Waals surface area contributed by atoms with Crippen LogP contribution in [0.1, 0.15) is 31.4 Å². The topological polar surface area (TPSA) is 21.3 Å². The Balaban J connectivity index is 1.88. The summed E-state index contributed by atoms with van der Waals surface area (Å²) >= 11 is 0. The second-order valence-corrected chi connectivity index (χ2v) is 4.21. The van der Waals surface area contributed by atoms with Gasteiger partial charge in [0.25, 0.3) is 0 Å². The molecule has 15 heavy (non-hydrogen) atoms. The van der Waals surface area contributed by atoms with Gasteiger partial charge in [0.05, 0.1) is 6.61 Å². The summed E-state index contributed by atoms with van der Waals surface area (Å²) in [5.74, 6) is 0. The largest absolute Gasteiger partial charge is 0.380 e. The molecule has 2 atom stereocenters. The number of hydrogen-bond acceptors (Lipinski definition) is 2. The number of hydrogen-bond donors (Lipinski definition) is 1. The molecule has 1 aliphatic rings. The first-order valence-electron chi connectivity index (χ1n) is 5.75. The van der Waals surface area contributed by atoms with Crippen LogP contribution in [0.25, 0.3) is 0 Å². The Kier molecular flexibility index (Phi) is 3.75. The van der Waals surface area contributed by atoms with Crippen LogP contribution in [0.2, 0.25) is 0 Å². The molecule has 2 rings (SSSR count). The zero-order chi connectivity index (χ0) is 10.5. The lowest BCUT2D eigenvalue weighted by atomic mass is 10.1. The van der Waals surface area contributed by atoms with Gasteiger partial charge in [-0.1, -0.05) is 30.3 Å². The van der Waals surface area contributed by atoms with E-state index < -0.39 is 0 Å². The minimum Gasteiger partial charge on any atom is -0.380 e. The van der Waals surface area contributed by atoms with Gasteiger partial charge in [-0.2, -0.15) is 0 Å². The van der Waals surface area contributed by atoms with Crippen LogP contribution in [-0.2, 0) is 4.74 Å². The molecule has 0 amide bonds. The maximum atomic E-state index is 5.46. The van der Waals surface area contributed by atoms with Crippen molar-refractivity contribution in [1.82, 2.24) is 5.32 Å². The fourth-order valence-electron chi connectivity index (χ4n) is 2.06. The van der Waals surface area contributed by atoms with Crippen molar-refractivity contribution < 1.29 is 4.74 Å². The molecule has 82 valence electrons. The summed E-state index contributed by atoms with van der Waals surface area (Å²) in [4.78, 5) is 0. The predicted octanol–water partition coefficient (Wildman–Crippen LogP) is 2.52. The molecule has 1 saturated heterocycles. The van der Waals surface area contributed by atoms with Gasteiger partial charge < -0.3 is 10.1 Å². The lowest BCUT2D eigenvalue weighted by Crippen LogP contribution is -2.38. The first kappa shape index (κ1) is 10.7. The SMILES string of the molecule is C[C@H](NC1CCCOC1)c1ccccc1. The molecule has 1 fully saturated rings. The zero-order valence-corrected chi connectivity index (χ0v) is 9.28. The van der Waals surface area contributed by atoms with Gasteiger partial charge in [-0.05, 0) is 25.3 Å². The van der Waals surface area contributed by atoms with Crippen LogP contribution in [0.15, 0.2) is 30.3 Å². The highest BCUT2D eigenvalue weighted by Gasteiger charge is 2.16. The summed E-state index contributed by atoms with van der Waals surface area (Å²) in [6.07, 6.45) is 2.41. The molecule has 0 aliphatic carbocycles. The fourth-order valence-corrected chi connectivity index (χ4v) is 2.06. The van der Waals surface area contributed by atoms with Gasteiger partial charge in [-0.3, -0.25) is 0 Å². The summed E-state index contributed by atoms with van der Waals surface area (Å²) in [6.45, 7) is 4.00. The highest BCUT2D eigenvalue weighted by molar-refractivity contribution is 5.18. The second kappa shape index (κ2) is 5.29. The lowest BCUT2D eigenvalue weighted by molar-refractivity contribution is 0.0671. The van der Waals surface area contributed by atoms with Crippen molar-refractivity contribution >= 4 is 0 Å². The van der Waals surface area contributed by atoms with Gasteiger partial charge in [0.1, 0.15) is 0 Å². The van der Waals surface area contributed by atoms with E-state index in [9.17, 15) is 0 Å². The molecule has 1 aromatic rings. The fraction of sp³-hybridized carbons (Fsp3) is 0.538. The molecule has 1 N–H and O–H groups in total. The minimum absolute atomic E-state index is 0.415. The predicted molar refractivity (Wildman–Crippen MR) is 61.8 cm³/mol. The summed E-state index contributed by atoms with van der Waals surface area (Å²) in [6, 6.07) is 11.5. The molecule has 2 heteroatoms. The van der Waals surface area contributed by atoms with Gasteiger partial charge in [-0.25, -0.2) is 0 Å². The van der Waals surface area contributed by atoms with Crippen LogP contribution in [0.4, 0.5) is 0 Å². The molecule has 0 bridgehead atoms. The van der Waals surface area contributed by atoms with E-state index in [4.69, 9.17) is 4.74 Å². The molecular formula is C13H19NO. The smallest absolute Gasteiger partial charge is 0.0619 e. The number of rotatable bonds is 3. The van der Waals surface area contributed by atoms with Gasteiger partial charge in [0.2, 0.25) is 0 Å². The number of benzene rings is 1. The average molecular weight is 205 g/mol. The van der Waals surface area contributed by atoms with E-state index in [1.807, 2.05) is 0 Å². The highest BCUT2D eigenvalue weighted by Crippen LogP contribution is 2.15. The molecule has 0 radical (unpaired) electrons. The van der Waals surface area contributed by atoms with E-state index in [0.717, 1.165) is 13.2 Å². The van der Waals surface area contributed by atoms with Crippen LogP contribution in [0.5, 0.6) is 0 Å². The molecule has 1 unspecified atom stereocenters. The standard InChI is InChI=1S/C13H19NO/c1-11(12-6-3-2-4-7-12)14-13-8-5-9-15-10-13/h2-4,6-7,11,13-14H,5,8-10H2,1H3/t11-,13?/m0/s1. The molecule has 0 aromatic heterocycles. The highest BCUT2D eigenvalue weighted by atomic mass is 16.5. The van der Waals surface area contributed by atoms with E-state index in [1.54, 1.807) is 0 Å². The maximum absolute atomic E-state index is 5.46. The van der Waals surface area contributed by atoms with Crippen molar-refractivity contribution in [2.45, 2.75) is 31.8 Å².